The van der Waals surface area contributed by atoms with Gasteiger partial charge in [0.05, 0.1) is 33.9 Å². The number of anilines is 1. The molecule has 5 heteroatoms. The normalized spacial score (nSPS) is 10.9. The molecular formula is C22H19N3O2. The number of carbonyl (C=O) groups is 1. The summed E-state index contributed by atoms with van der Waals surface area (Å²) in [4.78, 5) is 16.8. The zero-order valence-corrected chi connectivity index (χ0v) is 15.1. The fourth-order valence-corrected chi connectivity index (χ4v) is 3.34. The van der Waals surface area contributed by atoms with E-state index in [0.29, 0.717) is 34.0 Å². The van der Waals surface area contributed by atoms with Gasteiger partial charge in [-0.2, -0.15) is 0 Å². The number of rotatable bonds is 4. The van der Waals surface area contributed by atoms with E-state index in [1.807, 2.05) is 60.7 Å². The standard InChI is InChI=1S/C22H19N3O2/c1-13-17(14(2)27-25-13)22(26)18-19(23)21(16-11-7-4-8-12-16)24-20(18)15-9-5-3-6-10-15/h3-12,24H,23H2,1-2H3. The van der Waals surface area contributed by atoms with Crippen LogP contribution in [0.2, 0.25) is 0 Å². The van der Waals surface area contributed by atoms with Crippen LogP contribution in [0.25, 0.3) is 22.5 Å². The van der Waals surface area contributed by atoms with Crippen molar-refractivity contribution in [2.24, 2.45) is 0 Å². The Bertz CT molecular complexity index is 1090. The molecule has 0 saturated heterocycles. The summed E-state index contributed by atoms with van der Waals surface area (Å²) >= 11 is 0. The number of hydrogen-bond acceptors (Lipinski definition) is 4. The number of hydrogen-bond donors (Lipinski definition) is 2. The third-order valence-corrected chi connectivity index (χ3v) is 4.65. The van der Waals surface area contributed by atoms with E-state index in [0.717, 1.165) is 16.8 Å². The molecule has 0 fully saturated rings. The Morgan fingerprint density at radius 2 is 1.44 bits per heavy atom. The maximum Gasteiger partial charge on any atom is 0.202 e. The number of aromatic amines is 1. The SMILES string of the molecule is Cc1noc(C)c1C(=O)c1c(-c2ccccc2)[nH]c(-c2ccccc2)c1N. The first-order chi connectivity index (χ1) is 13.1. The molecule has 0 bridgehead atoms. The number of aromatic nitrogens is 2. The number of nitrogens with one attached hydrogen (secondary N) is 1. The van der Waals surface area contributed by atoms with Crippen molar-refractivity contribution in [1.29, 1.82) is 0 Å². The van der Waals surface area contributed by atoms with Crippen LogP contribution in [-0.4, -0.2) is 15.9 Å². The zero-order valence-electron chi connectivity index (χ0n) is 15.1. The van der Waals surface area contributed by atoms with Crippen molar-refractivity contribution in [2.75, 3.05) is 5.73 Å². The lowest BCUT2D eigenvalue weighted by Gasteiger charge is -2.05. The molecule has 4 aromatic rings. The van der Waals surface area contributed by atoms with Crippen LogP contribution in [0.15, 0.2) is 65.2 Å². The largest absolute Gasteiger partial charge is 0.396 e. The van der Waals surface area contributed by atoms with Gasteiger partial charge in [0, 0.05) is 5.56 Å². The monoisotopic (exact) mass is 357 g/mol. The molecule has 0 amide bonds. The van der Waals surface area contributed by atoms with Crippen LogP contribution in [0, 0.1) is 13.8 Å². The number of nitrogen functional groups attached to an aromatic ring is 1. The van der Waals surface area contributed by atoms with Gasteiger partial charge in [-0.15, -0.1) is 0 Å². The molecular weight excluding hydrogens is 338 g/mol. The number of ketones is 1. The van der Waals surface area contributed by atoms with E-state index in [-0.39, 0.29) is 5.78 Å². The molecule has 0 spiro atoms. The number of nitrogens with two attached hydrogens (primary N) is 1. The van der Waals surface area contributed by atoms with Crippen LogP contribution in [0.4, 0.5) is 5.69 Å². The van der Waals surface area contributed by atoms with Crippen LogP contribution in [0.3, 0.4) is 0 Å². The molecule has 5 nitrogen and oxygen atoms in total. The Kier molecular flexibility index (Phi) is 4.12. The highest BCUT2D eigenvalue weighted by molar-refractivity contribution is 6.18. The zero-order chi connectivity index (χ0) is 19.0. The number of benzene rings is 2. The number of aryl methyl sites for hydroxylation is 2. The summed E-state index contributed by atoms with van der Waals surface area (Å²) in [5.74, 6) is 0.291. The summed E-state index contributed by atoms with van der Waals surface area (Å²) < 4.78 is 5.19. The Morgan fingerprint density at radius 1 is 0.889 bits per heavy atom. The fraction of sp³-hybridized carbons (Fsp3) is 0.0909. The second-order valence-electron chi connectivity index (χ2n) is 6.42. The van der Waals surface area contributed by atoms with Crippen LogP contribution < -0.4 is 5.73 Å². The van der Waals surface area contributed by atoms with Gasteiger partial charge in [0.15, 0.2) is 0 Å². The van der Waals surface area contributed by atoms with E-state index in [1.165, 1.54) is 0 Å². The minimum Gasteiger partial charge on any atom is -0.396 e. The fourth-order valence-electron chi connectivity index (χ4n) is 3.34. The van der Waals surface area contributed by atoms with Crippen molar-refractivity contribution in [1.82, 2.24) is 10.1 Å². The van der Waals surface area contributed by atoms with Gasteiger partial charge >= 0.3 is 0 Å². The number of nitrogens with zero attached hydrogens (tertiary/aromatic N) is 1. The minimum atomic E-state index is -0.193. The van der Waals surface area contributed by atoms with Crippen LogP contribution >= 0.6 is 0 Å². The van der Waals surface area contributed by atoms with Gasteiger partial charge in [-0.3, -0.25) is 4.79 Å². The Hall–Kier alpha value is -3.60. The quantitative estimate of drug-likeness (QED) is 0.515. The molecule has 0 aliphatic rings. The molecule has 0 unspecified atom stereocenters. The van der Waals surface area contributed by atoms with Crippen LogP contribution in [0.5, 0.6) is 0 Å². The molecule has 0 saturated carbocycles. The lowest BCUT2D eigenvalue weighted by atomic mass is 9.97. The highest BCUT2D eigenvalue weighted by Gasteiger charge is 2.28. The molecule has 3 N–H and O–H groups in total. The summed E-state index contributed by atoms with van der Waals surface area (Å²) in [5.41, 5.74) is 11.6. The van der Waals surface area contributed by atoms with Crippen molar-refractivity contribution >= 4 is 11.5 Å². The predicted octanol–water partition coefficient (Wildman–Crippen LogP) is 4.77. The van der Waals surface area contributed by atoms with Crippen molar-refractivity contribution in [3.8, 4) is 22.5 Å². The highest BCUT2D eigenvalue weighted by Crippen LogP contribution is 2.37. The molecule has 27 heavy (non-hydrogen) atoms. The average Bonchev–Trinajstić information content (AvgIpc) is 3.22. The lowest BCUT2D eigenvalue weighted by Crippen LogP contribution is -2.07. The van der Waals surface area contributed by atoms with Crippen LogP contribution in [0.1, 0.15) is 27.4 Å². The number of H-pyrrole nitrogens is 1. The van der Waals surface area contributed by atoms with Crippen molar-refractivity contribution in [3.63, 3.8) is 0 Å². The Labute approximate surface area is 156 Å². The molecule has 0 aliphatic heterocycles. The van der Waals surface area contributed by atoms with Gasteiger partial charge < -0.3 is 15.2 Å². The van der Waals surface area contributed by atoms with Crippen molar-refractivity contribution < 1.29 is 9.32 Å². The predicted molar refractivity (Wildman–Crippen MR) is 105 cm³/mol. The van der Waals surface area contributed by atoms with Gasteiger partial charge in [-0.1, -0.05) is 65.8 Å². The van der Waals surface area contributed by atoms with Gasteiger partial charge in [0.25, 0.3) is 0 Å². The van der Waals surface area contributed by atoms with E-state index in [9.17, 15) is 4.79 Å². The molecule has 4 rings (SSSR count). The Balaban J connectivity index is 1.97. The van der Waals surface area contributed by atoms with Gasteiger partial charge in [0.2, 0.25) is 5.78 Å². The molecule has 0 aliphatic carbocycles. The first-order valence-corrected chi connectivity index (χ1v) is 8.67. The second-order valence-corrected chi connectivity index (χ2v) is 6.42. The molecule has 0 radical (unpaired) electrons. The third kappa shape index (κ3) is 2.83. The maximum atomic E-state index is 13.4. The summed E-state index contributed by atoms with van der Waals surface area (Å²) in [7, 11) is 0. The van der Waals surface area contributed by atoms with E-state index < -0.39 is 0 Å². The second kappa shape index (κ2) is 6.61. The number of carbonyl (C=O) groups excluding carboxylic acids is 1. The van der Waals surface area contributed by atoms with Gasteiger partial charge in [-0.25, -0.2) is 0 Å². The van der Waals surface area contributed by atoms with Gasteiger partial charge in [-0.05, 0) is 19.4 Å². The lowest BCUT2D eigenvalue weighted by molar-refractivity contribution is 0.103. The van der Waals surface area contributed by atoms with E-state index in [2.05, 4.69) is 10.1 Å². The maximum absolute atomic E-state index is 13.4. The summed E-state index contributed by atoms with van der Waals surface area (Å²) in [6.45, 7) is 3.49. The first kappa shape index (κ1) is 16.8. The third-order valence-electron chi connectivity index (χ3n) is 4.65. The van der Waals surface area contributed by atoms with E-state index >= 15 is 0 Å². The molecule has 2 heterocycles. The molecule has 134 valence electrons. The average molecular weight is 357 g/mol. The van der Waals surface area contributed by atoms with E-state index in [1.54, 1.807) is 13.8 Å². The topological polar surface area (TPSA) is 84.9 Å². The van der Waals surface area contributed by atoms with Crippen molar-refractivity contribution in [2.45, 2.75) is 13.8 Å². The summed E-state index contributed by atoms with van der Waals surface area (Å²) in [5, 5.41) is 3.91. The molecule has 2 aromatic heterocycles. The first-order valence-electron chi connectivity index (χ1n) is 8.67. The molecule has 0 atom stereocenters. The minimum absolute atomic E-state index is 0.193. The highest BCUT2D eigenvalue weighted by atomic mass is 16.5. The smallest absolute Gasteiger partial charge is 0.202 e. The van der Waals surface area contributed by atoms with Gasteiger partial charge in [0.1, 0.15) is 5.76 Å². The summed E-state index contributed by atoms with van der Waals surface area (Å²) in [6, 6.07) is 19.4. The van der Waals surface area contributed by atoms with Crippen molar-refractivity contribution in [3.05, 3.63) is 83.2 Å². The van der Waals surface area contributed by atoms with Crippen LogP contribution in [-0.2, 0) is 0 Å². The Morgan fingerprint density at radius 3 is 1.96 bits per heavy atom. The molecule has 2 aromatic carbocycles. The summed E-state index contributed by atoms with van der Waals surface area (Å²) in [6.07, 6.45) is 0. The van der Waals surface area contributed by atoms with E-state index in [4.69, 9.17) is 10.3 Å².